The molecule has 0 bridgehead atoms. The van der Waals surface area contributed by atoms with Crippen LogP contribution in [0.2, 0.25) is 0 Å². The van der Waals surface area contributed by atoms with E-state index < -0.39 is 11.9 Å². The number of carbonyl (C=O) groups excluding carboxylic acids is 2. The summed E-state index contributed by atoms with van der Waals surface area (Å²) >= 11 is 0. The van der Waals surface area contributed by atoms with E-state index in [9.17, 15) is 19.8 Å². The van der Waals surface area contributed by atoms with Crippen LogP contribution in [0, 0.1) is 0 Å². The predicted molar refractivity (Wildman–Crippen MR) is 496 cm³/mol. The average molecular weight is 1590 g/mol. The van der Waals surface area contributed by atoms with Crippen molar-refractivity contribution in [3.8, 4) is 0 Å². The Balaban J connectivity index is -0.00000208. The van der Waals surface area contributed by atoms with E-state index in [4.69, 9.17) is 0 Å². The van der Waals surface area contributed by atoms with E-state index >= 15 is 0 Å². The topological polar surface area (TPSA) is 86.7 Å². The molecule has 0 aliphatic heterocycles. The molecule has 6 nitrogen and oxygen atoms in total. The second kappa shape index (κ2) is 108. The summed E-state index contributed by atoms with van der Waals surface area (Å²) in [7, 11) is 0. The molecule has 0 aromatic rings. The van der Waals surface area contributed by atoms with Gasteiger partial charge in [-0.1, -0.05) is 554 Å². The molecule has 0 heterocycles. The quantitative estimate of drug-likeness (QED) is 0.0445. The van der Waals surface area contributed by atoms with Gasteiger partial charge in [0.05, 0.1) is 0 Å². The van der Waals surface area contributed by atoms with Crippen LogP contribution in [0.4, 0.5) is 0 Å². The summed E-state index contributed by atoms with van der Waals surface area (Å²) in [5.41, 5.74) is 0. The van der Waals surface area contributed by atoms with E-state index in [1.165, 1.54) is 566 Å². The van der Waals surface area contributed by atoms with Crippen LogP contribution >= 0.6 is 0 Å². The van der Waals surface area contributed by atoms with Crippen molar-refractivity contribution in [2.75, 3.05) is 39.3 Å². The number of aliphatic carboxylic acids is 2. The number of nitrogens with zero attached hydrogens (tertiary/aromatic N) is 2. The maximum Gasteiger partial charge on any atom is 2.00 e. The van der Waals surface area contributed by atoms with Crippen LogP contribution in [0.15, 0.2) is 0 Å². The Hall–Kier alpha value is 0.120. The smallest absolute Gasteiger partial charge is 0.550 e. The average Bonchev–Trinajstić information content (AvgIpc) is 1.08. The van der Waals surface area contributed by atoms with Crippen molar-refractivity contribution in [3.05, 3.63) is 0 Å². The van der Waals surface area contributed by atoms with Crippen molar-refractivity contribution >= 4 is 49.7 Å². The van der Waals surface area contributed by atoms with Crippen molar-refractivity contribution in [2.24, 2.45) is 0 Å². The summed E-state index contributed by atoms with van der Waals surface area (Å²) in [6.07, 6.45) is 127. The third-order valence-electron chi connectivity index (χ3n) is 25.0. The molecule has 0 aliphatic rings. The molecule has 0 saturated heterocycles. The molecule has 0 saturated carbocycles. The van der Waals surface area contributed by atoms with Gasteiger partial charge in [-0.15, -0.1) is 0 Å². The van der Waals surface area contributed by atoms with Gasteiger partial charge in [0, 0.05) is 11.9 Å². The third kappa shape index (κ3) is 110. The van der Waals surface area contributed by atoms with Gasteiger partial charge in [-0.05, 0) is 103 Å². The number of carboxylic acid groups (broad SMARTS) is 2. The zero-order chi connectivity index (χ0) is 79.6. The van der Waals surface area contributed by atoms with Gasteiger partial charge in [-0.3, -0.25) is 0 Å². The van der Waals surface area contributed by atoms with Crippen LogP contribution in [0.25, 0.3) is 0 Å². The van der Waals surface area contributed by atoms with Crippen LogP contribution in [0.1, 0.15) is 618 Å². The van der Waals surface area contributed by atoms with Crippen molar-refractivity contribution < 1.29 is 19.8 Å². The molecule has 0 fully saturated rings. The number of rotatable bonds is 100. The van der Waals surface area contributed by atoms with Gasteiger partial charge in [0.25, 0.3) is 0 Å². The molecule has 0 aromatic carbocycles. The minimum Gasteiger partial charge on any atom is -0.550 e. The van der Waals surface area contributed by atoms with Crippen molar-refractivity contribution in [1.82, 2.24) is 9.80 Å². The van der Waals surface area contributed by atoms with Crippen LogP contribution in [-0.4, -0.2) is 98.7 Å². The second-order valence-corrected chi connectivity index (χ2v) is 36.3. The molecule has 111 heavy (non-hydrogen) atoms. The summed E-state index contributed by atoms with van der Waals surface area (Å²) in [6, 6.07) is 0. The van der Waals surface area contributed by atoms with E-state index in [0.29, 0.717) is 0 Å². The Morgan fingerprint density at radius 1 is 0.144 bits per heavy atom. The van der Waals surface area contributed by atoms with E-state index in [-0.39, 0.29) is 50.6 Å². The number of carbonyl (C=O) groups is 2. The summed E-state index contributed by atoms with van der Waals surface area (Å²) in [5, 5.41) is 21.6. The predicted octanol–water partition coefficient (Wildman–Crippen LogP) is 33.7. The molecule has 7 heteroatoms. The minimum atomic E-state index is -0.893. The van der Waals surface area contributed by atoms with Crippen LogP contribution < -0.4 is 10.2 Å². The van der Waals surface area contributed by atoms with Crippen molar-refractivity contribution in [1.29, 1.82) is 0 Å². The fourth-order valence-corrected chi connectivity index (χ4v) is 17.3. The second-order valence-electron chi connectivity index (χ2n) is 36.3. The standard InChI is InChI=1S/2C52H105NO2.Ca/c2*1-3-5-7-9-11-13-15-17-19-21-23-25-27-29-31-33-35-37-39-41-45-49-53(51-47-43-44-48-52(54)55)50-46-42-40-38-36-34-32-30-28-26-24-22-20-18-16-14-12-10-8-6-4-2;/h2*3-51H2,1-2H3,(H,54,55);/q;;+2/p-2. The first-order valence-electron chi connectivity index (χ1n) is 52.2. The monoisotopic (exact) mass is 1590 g/mol. The summed E-state index contributed by atoms with van der Waals surface area (Å²) in [4.78, 5) is 27.0. The minimum absolute atomic E-state index is 0. The number of carboxylic acids is 2. The Morgan fingerprint density at radius 3 is 0.315 bits per heavy atom. The zero-order valence-electron chi connectivity index (χ0n) is 77.5. The molecular formula is C104H208CaN2O4. The van der Waals surface area contributed by atoms with Gasteiger partial charge in [0.2, 0.25) is 0 Å². The Morgan fingerprint density at radius 2 is 0.225 bits per heavy atom. The summed E-state index contributed by atoms with van der Waals surface area (Å²) < 4.78 is 0. The number of hydrogen-bond donors (Lipinski definition) is 0. The summed E-state index contributed by atoms with van der Waals surface area (Å²) in [6.45, 7) is 16.4. The fourth-order valence-electron chi connectivity index (χ4n) is 17.3. The number of hydrogen-bond acceptors (Lipinski definition) is 6. The Kier molecular flexibility index (Phi) is 112. The normalized spacial score (nSPS) is 11.6. The first kappa shape index (κ1) is 115. The maximum absolute atomic E-state index is 10.8. The van der Waals surface area contributed by atoms with E-state index in [0.717, 1.165) is 51.6 Å². The van der Waals surface area contributed by atoms with Crippen molar-refractivity contribution in [2.45, 2.75) is 618 Å². The molecule has 0 aromatic heterocycles. The van der Waals surface area contributed by atoms with E-state index in [2.05, 4.69) is 37.5 Å². The molecule has 0 radical (unpaired) electrons. The van der Waals surface area contributed by atoms with Crippen LogP contribution in [0.5, 0.6) is 0 Å². The zero-order valence-corrected chi connectivity index (χ0v) is 79.7. The largest absolute Gasteiger partial charge is 2.00 e. The molecule has 0 spiro atoms. The van der Waals surface area contributed by atoms with E-state index in [1.807, 2.05) is 0 Å². The molecule has 660 valence electrons. The van der Waals surface area contributed by atoms with Gasteiger partial charge in [-0.25, -0.2) is 0 Å². The maximum atomic E-state index is 10.8. The van der Waals surface area contributed by atoms with Crippen molar-refractivity contribution in [3.63, 3.8) is 0 Å². The van der Waals surface area contributed by atoms with Gasteiger partial charge in [-0.2, -0.15) is 0 Å². The molecule has 0 rings (SSSR count). The SMILES string of the molecule is CCCCCCCCCCCCCCCCCCCCCCCN(CCCCCCCCCCCCCCCCCCCCCCC)CCCCCC(=O)[O-].CCCCCCCCCCCCCCCCCCCCCCCN(CCCCCCCCCCCCCCCCCCCCCCC)CCCCCC(=O)[O-].[Ca+2]. The van der Waals surface area contributed by atoms with Crippen LogP contribution in [-0.2, 0) is 9.59 Å². The van der Waals surface area contributed by atoms with Gasteiger partial charge in [0.1, 0.15) is 0 Å². The molecule has 0 N–H and O–H groups in total. The molecule has 0 unspecified atom stereocenters. The Labute approximate surface area is 731 Å². The Bertz CT molecular complexity index is 1420. The van der Waals surface area contributed by atoms with E-state index in [1.54, 1.807) is 0 Å². The fraction of sp³-hybridized carbons (Fsp3) is 0.981. The third-order valence-corrected chi connectivity index (χ3v) is 25.0. The molecule has 0 amide bonds. The molecular weight excluding hydrogens is 1380 g/mol. The molecule has 0 aliphatic carbocycles. The molecule has 0 atom stereocenters. The first-order chi connectivity index (χ1) is 54.4. The van der Waals surface area contributed by atoms with Gasteiger partial charge in [0.15, 0.2) is 0 Å². The first-order valence-corrected chi connectivity index (χ1v) is 52.2. The number of unbranched alkanes of at least 4 members (excludes halogenated alkanes) is 84. The summed E-state index contributed by atoms with van der Waals surface area (Å²) in [5.74, 6) is -1.79. The van der Waals surface area contributed by atoms with Gasteiger partial charge < -0.3 is 29.6 Å². The van der Waals surface area contributed by atoms with Crippen LogP contribution in [0.3, 0.4) is 0 Å². The van der Waals surface area contributed by atoms with Gasteiger partial charge >= 0.3 is 37.7 Å².